The summed E-state index contributed by atoms with van der Waals surface area (Å²) in [5, 5.41) is 18.5. The molecule has 0 amide bonds. The third-order valence-corrected chi connectivity index (χ3v) is 6.34. The van der Waals surface area contributed by atoms with Gasteiger partial charge in [0.2, 0.25) is 17.4 Å². The number of aromatic nitrogens is 4. The molecule has 1 aliphatic carbocycles. The van der Waals surface area contributed by atoms with Crippen molar-refractivity contribution >= 4 is 31.0 Å². The van der Waals surface area contributed by atoms with E-state index < -0.39 is 17.6 Å². The van der Waals surface area contributed by atoms with Crippen LogP contribution in [0.15, 0.2) is 66.2 Å². The Balaban J connectivity index is 0.00000271. The summed E-state index contributed by atoms with van der Waals surface area (Å²) in [5.41, 5.74) is 1.07. The molecule has 15 heteroatoms. The van der Waals surface area contributed by atoms with Crippen LogP contribution in [0.5, 0.6) is 23.1 Å². The second-order valence-electron chi connectivity index (χ2n) is 10.2. The molecule has 0 bridgehead atoms. The molecule has 0 saturated carbocycles. The number of aliphatic hydroxyl groups is 2. The lowest BCUT2D eigenvalue weighted by molar-refractivity contribution is -0.111. The lowest BCUT2D eigenvalue weighted by Gasteiger charge is -2.25. The van der Waals surface area contributed by atoms with Crippen LogP contribution in [0.25, 0.3) is 11.6 Å². The van der Waals surface area contributed by atoms with Gasteiger partial charge in [-0.2, -0.15) is 10.5 Å². The molecule has 1 aromatic carbocycles. The van der Waals surface area contributed by atoms with Crippen molar-refractivity contribution < 1.29 is 38.2 Å². The number of allylic oxidation sites excluding steroid dienone is 4. The first-order valence-electron chi connectivity index (χ1n) is 14.0. The Morgan fingerprint density at radius 1 is 1.00 bits per heavy atom. The average Bonchev–Trinajstić information content (AvgIpc) is 3.03. The highest BCUT2D eigenvalue weighted by Gasteiger charge is 2.26. The predicted molar refractivity (Wildman–Crippen MR) is 170 cm³/mol. The van der Waals surface area contributed by atoms with Gasteiger partial charge in [0.15, 0.2) is 37.2 Å². The van der Waals surface area contributed by atoms with Crippen molar-refractivity contribution in [2.45, 2.75) is 53.1 Å². The molecule has 0 unspecified atom stereocenters. The largest absolute Gasteiger partial charge is 0.493 e. The van der Waals surface area contributed by atoms with Crippen LogP contribution < -0.4 is 19.7 Å². The average molecular weight is 638 g/mol. The van der Waals surface area contributed by atoms with Gasteiger partial charge in [-0.1, -0.05) is 58.4 Å². The Kier molecular flexibility index (Phi) is 12.6. The van der Waals surface area contributed by atoms with E-state index in [0.717, 1.165) is 6.42 Å². The van der Waals surface area contributed by atoms with Gasteiger partial charge in [-0.25, -0.2) is 19.7 Å². The van der Waals surface area contributed by atoms with Crippen LogP contribution in [-0.2, 0) is 9.02 Å². The maximum Gasteiger partial charge on any atom is 0.431 e. The van der Waals surface area contributed by atoms with E-state index in [-0.39, 0.29) is 40.3 Å². The molecule has 238 valence electrons. The van der Waals surface area contributed by atoms with Crippen molar-refractivity contribution in [3.05, 3.63) is 66.2 Å². The minimum atomic E-state index is -2.71. The quantitative estimate of drug-likeness (QED) is 0.101. The van der Waals surface area contributed by atoms with E-state index in [1.807, 2.05) is 26.0 Å². The Hall–Kier alpha value is -4.34. The zero-order valence-electron chi connectivity index (χ0n) is 25.9. The van der Waals surface area contributed by atoms with Crippen molar-refractivity contribution in [2.75, 3.05) is 19.2 Å². The molecule has 3 N–H and O–H groups in total. The molecule has 1 aliphatic rings. The van der Waals surface area contributed by atoms with Gasteiger partial charge in [-0.3, -0.25) is 0 Å². The van der Waals surface area contributed by atoms with Crippen molar-refractivity contribution in [2.24, 2.45) is 5.41 Å². The first kappa shape index (κ1) is 35.1. The maximum absolute atomic E-state index is 12.6. The number of benzene rings is 1. The minimum Gasteiger partial charge on any atom is -0.493 e. The third kappa shape index (κ3) is 10.7. The van der Waals surface area contributed by atoms with E-state index in [9.17, 15) is 15.0 Å². The van der Waals surface area contributed by atoms with Crippen molar-refractivity contribution in [1.82, 2.24) is 19.9 Å². The molecule has 0 atom stereocenters. The number of para-hydroxylation sites is 2. The molecule has 4 rings (SSSR count). The molecule has 0 spiro atoms. The first-order valence-corrected chi connectivity index (χ1v) is 14.8. The smallest absolute Gasteiger partial charge is 0.431 e. The van der Waals surface area contributed by atoms with Crippen molar-refractivity contribution in [3.63, 3.8) is 0 Å². The molecule has 2 aromatic heterocycles. The van der Waals surface area contributed by atoms with E-state index in [2.05, 4.69) is 46.2 Å². The number of rotatable bonds is 11. The number of hydrogen-bond donors (Lipinski definition) is 3. The maximum atomic E-state index is 12.6. The Labute approximate surface area is 267 Å². The summed E-state index contributed by atoms with van der Waals surface area (Å²) in [6.07, 6.45) is 8.22. The summed E-state index contributed by atoms with van der Waals surface area (Å²) in [5.74, 6) is 0.487. The van der Waals surface area contributed by atoms with Gasteiger partial charge in [0.05, 0.1) is 7.11 Å². The Bertz CT molecular complexity index is 1490. The zero-order chi connectivity index (χ0) is 33.0. The second-order valence-corrected chi connectivity index (χ2v) is 10.9. The predicted octanol–water partition coefficient (Wildman–Crippen LogP) is 5.72. The van der Waals surface area contributed by atoms with E-state index in [1.54, 1.807) is 30.3 Å². The lowest BCUT2D eigenvalue weighted by Crippen LogP contribution is -2.36. The van der Waals surface area contributed by atoms with E-state index in [1.165, 1.54) is 25.1 Å². The van der Waals surface area contributed by atoms with Gasteiger partial charge >= 0.3 is 5.30 Å². The van der Waals surface area contributed by atoms with Crippen LogP contribution >= 0.6 is 12.0 Å². The van der Waals surface area contributed by atoms with Gasteiger partial charge in [-0.05, 0) is 36.1 Å². The van der Waals surface area contributed by atoms with Crippen molar-refractivity contribution in [1.29, 1.82) is 0 Å². The lowest BCUT2D eigenvalue weighted by atomic mass is 9.82. The number of carbonyl (C=O) groups is 1. The fourth-order valence-corrected chi connectivity index (χ4v) is 4.09. The number of ether oxygens (including phenoxy) is 3. The van der Waals surface area contributed by atoms with Crippen LogP contribution in [0.3, 0.4) is 0 Å². The van der Waals surface area contributed by atoms with Crippen LogP contribution in [0.2, 0.25) is 0 Å². The topological polar surface area (TPSA) is 167 Å². The summed E-state index contributed by atoms with van der Waals surface area (Å²) in [6.45, 7) is 9.61. The van der Waals surface area contributed by atoms with Crippen LogP contribution in [0.4, 0.5) is 10.6 Å². The van der Waals surface area contributed by atoms with Gasteiger partial charge < -0.3 is 33.4 Å². The molecular formula is C30H36BN5O8S. The standard InChI is InChI=1S/C28H30BN5O8S.C2H6/c1-27(2,3)17-10-12-18(13-11-17)42-43-26(35)41-34-22-21(40-20-9-6-5-8-19(20)38-4)25(39-16-28(29,36)37)33-24(32-22)23-30-14-7-15-31-23;1-2/h5-10,12,14-15,36-37H,11,13,16H2,1-4H3,(H,32,33,34);1-2H3. The molecule has 0 fully saturated rings. The fraction of sp³-hybridized carbons (Fsp3) is 0.367. The van der Waals surface area contributed by atoms with E-state index in [4.69, 9.17) is 31.1 Å². The molecule has 3 aromatic rings. The summed E-state index contributed by atoms with van der Waals surface area (Å²) in [6, 6.07) is 8.27. The summed E-state index contributed by atoms with van der Waals surface area (Å²) in [7, 11) is 6.74. The van der Waals surface area contributed by atoms with Gasteiger partial charge in [-0.15, -0.1) is 0 Å². The Morgan fingerprint density at radius 2 is 1.69 bits per heavy atom. The van der Waals surface area contributed by atoms with Gasteiger partial charge in [0.25, 0.3) is 5.88 Å². The number of carbonyl (C=O) groups excluding carboxylic acids is 1. The fourth-order valence-electron chi connectivity index (χ4n) is 3.70. The first-order chi connectivity index (χ1) is 21.4. The molecule has 0 aliphatic heterocycles. The van der Waals surface area contributed by atoms with E-state index in [0.29, 0.717) is 30.0 Å². The molecular weight excluding hydrogens is 601 g/mol. The minimum absolute atomic E-state index is 0.0469. The Morgan fingerprint density at radius 3 is 2.29 bits per heavy atom. The summed E-state index contributed by atoms with van der Waals surface area (Å²) < 4.78 is 22.4. The van der Waals surface area contributed by atoms with E-state index >= 15 is 0 Å². The summed E-state index contributed by atoms with van der Waals surface area (Å²) >= 11 is 0.481. The van der Waals surface area contributed by atoms with Gasteiger partial charge in [0.1, 0.15) is 18.1 Å². The zero-order valence-corrected chi connectivity index (χ0v) is 26.8. The highest BCUT2D eigenvalue weighted by molar-refractivity contribution is 8.09. The van der Waals surface area contributed by atoms with Gasteiger partial charge in [0, 0.05) is 18.8 Å². The van der Waals surface area contributed by atoms with Crippen LogP contribution in [0, 0.1) is 5.41 Å². The number of anilines is 1. The van der Waals surface area contributed by atoms with Crippen LogP contribution in [0.1, 0.15) is 47.5 Å². The normalized spacial score (nSPS) is 12.9. The monoisotopic (exact) mass is 637 g/mol. The highest BCUT2D eigenvalue weighted by atomic mass is 32.2. The molecule has 0 saturated heterocycles. The number of hydrogen-bond acceptors (Lipinski definition) is 14. The summed E-state index contributed by atoms with van der Waals surface area (Å²) in [4.78, 5) is 34.7. The number of nitrogens with zero attached hydrogens (tertiary/aromatic N) is 4. The highest BCUT2D eigenvalue weighted by Crippen LogP contribution is 2.41. The van der Waals surface area contributed by atoms with Crippen LogP contribution in [-0.4, -0.2) is 62.7 Å². The second kappa shape index (κ2) is 16.1. The molecule has 45 heavy (non-hydrogen) atoms. The SMILES string of the molecule is CC.[B]C(O)(O)COc1nc(-c2ncccn2)nc(NOC(=O)SOC2=CC=C(C(C)(C)C)CC2)c1Oc1ccccc1OC. The molecule has 13 nitrogen and oxygen atoms in total. The number of methoxy groups -OCH3 is 1. The molecule has 2 radical (unpaired) electrons. The number of nitrogens with one attached hydrogen (secondary N) is 1. The third-order valence-electron chi connectivity index (χ3n) is 5.82. The molecule has 2 heterocycles. The van der Waals surface area contributed by atoms with Crippen molar-refractivity contribution in [3.8, 4) is 34.8 Å².